The number of benzene rings is 1. The lowest BCUT2D eigenvalue weighted by Crippen LogP contribution is -2.46. The summed E-state index contributed by atoms with van der Waals surface area (Å²) in [6, 6.07) is 7.26. The second kappa shape index (κ2) is 7.66. The molecule has 4 fully saturated rings. The Morgan fingerprint density at radius 1 is 0.966 bits per heavy atom. The van der Waals surface area contributed by atoms with Crippen LogP contribution >= 0.6 is 0 Å². The summed E-state index contributed by atoms with van der Waals surface area (Å²) >= 11 is 0. The van der Waals surface area contributed by atoms with E-state index in [-0.39, 0.29) is 5.97 Å². The van der Waals surface area contributed by atoms with Gasteiger partial charge in [0.15, 0.2) is 0 Å². The Bertz CT molecular complexity index is 804. The largest absolute Gasteiger partial charge is 0.462 e. The van der Waals surface area contributed by atoms with E-state index in [2.05, 4.69) is 19.1 Å². The van der Waals surface area contributed by atoms with E-state index in [4.69, 9.17) is 9.47 Å². The quantitative estimate of drug-likeness (QED) is 0.563. The highest BCUT2D eigenvalue weighted by Crippen LogP contribution is 2.59. The number of carbonyl (C=O) groups is 1. The van der Waals surface area contributed by atoms with Gasteiger partial charge in [-0.3, -0.25) is 0 Å². The van der Waals surface area contributed by atoms with Gasteiger partial charge in [0.1, 0.15) is 11.5 Å². The summed E-state index contributed by atoms with van der Waals surface area (Å²) in [5.41, 5.74) is 2.25. The highest BCUT2D eigenvalue weighted by atomic mass is 16.5. The maximum absolute atomic E-state index is 11.8. The van der Waals surface area contributed by atoms with Crippen molar-refractivity contribution < 1.29 is 14.3 Å². The fourth-order valence-electron chi connectivity index (χ4n) is 6.85. The summed E-state index contributed by atoms with van der Waals surface area (Å²) in [7, 11) is 0. The van der Waals surface area contributed by atoms with Crippen LogP contribution in [0.25, 0.3) is 0 Å². The Morgan fingerprint density at radius 2 is 1.62 bits per heavy atom. The highest BCUT2D eigenvalue weighted by Gasteiger charge is 2.49. The molecule has 0 aromatic heterocycles. The summed E-state index contributed by atoms with van der Waals surface area (Å²) < 4.78 is 11.2. The average molecular weight is 393 g/mol. The second-order valence-electron chi connectivity index (χ2n) is 9.71. The zero-order valence-electron chi connectivity index (χ0n) is 17.6. The lowest BCUT2D eigenvalue weighted by Gasteiger charge is -2.56. The van der Waals surface area contributed by atoms with E-state index >= 15 is 0 Å². The van der Waals surface area contributed by atoms with Gasteiger partial charge in [0.2, 0.25) is 0 Å². The molecule has 0 saturated heterocycles. The number of carbonyl (C=O) groups excluding carboxylic acids is 1. The van der Waals surface area contributed by atoms with Gasteiger partial charge in [0, 0.05) is 6.42 Å². The molecule has 3 nitrogen and oxygen atoms in total. The molecule has 1 aromatic carbocycles. The van der Waals surface area contributed by atoms with E-state index in [0.717, 1.165) is 47.5 Å². The Kier molecular flexibility index (Phi) is 5.01. The average Bonchev–Trinajstić information content (AvgIpc) is 2.69. The molecule has 0 heterocycles. The molecule has 0 aliphatic heterocycles. The third kappa shape index (κ3) is 3.65. The predicted octanol–water partition coefficient (Wildman–Crippen LogP) is 6.16. The van der Waals surface area contributed by atoms with E-state index in [1.54, 1.807) is 17.7 Å². The molecule has 6 rings (SSSR count). The molecular formula is C26H32O3. The third-order valence-corrected chi connectivity index (χ3v) is 7.76. The topological polar surface area (TPSA) is 35.5 Å². The van der Waals surface area contributed by atoms with Crippen molar-refractivity contribution in [1.29, 1.82) is 0 Å². The van der Waals surface area contributed by atoms with Crippen molar-refractivity contribution in [2.75, 3.05) is 6.61 Å². The molecule has 0 N–H and O–H groups in total. The molecule has 0 spiro atoms. The van der Waals surface area contributed by atoms with Crippen molar-refractivity contribution in [3.05, 3.63) is 53.3 Å². The Morgan fingerprint density at radius 3 is 2.21 bits per heavy atom. The van der Waals surface area contributed by atoms with Crippen LogP contribution in [0.1, 0.15) is 62.7 Å². The summed E-state index contributed by atoms with van der Waals surface area (Å²) in [5.74, 6) is 6.82. The zero-order valence-corrected chi connectivity index (χ0v) is 17.6. The molecule has 0 radical (unpaired) electrons. The maximum Gasteiger partial charge on any atom is 0.338 e. The van der Waals surface area contributed by atoms with Crippen molar-refractivity contribution in [2.24, 2.45) is 35.5 Å². The molecule has 1 atom stereocenters. The normalized spacial score (nSPS) is 35.1. The van der Waals surface area contributed by atoms with Gasteiger partial charge >= 0.3 is 5.97 Å². The number of hydrogen-bond acceptors (Lipinski definition) is 3. The van der Waals surface area contributed by atoms with E-state index < -0.39 is 0 Å². The van der Waals surface area contributed by atoms with Gasteiger partial charge in [0.05, 0.1) is 12.2 Å². The fraction of sp³-hybridized carbons (Fsp3) is 0.577. The molecule has 1 aromatic rings. The second-order valence-corrected chi connectivity index (χ2v) is 9.71. The first-order valence-electron chi connectivity index (χ1n) is 11.5. The molecule has 0 amide bonds. The third-order valence-electron chi connectivity index (χ3n) is 7.76. The molecule has 3 heteroatoms. The van der Waals surface area contributed by atoms with E-state index in [0.29, 0.717) is 18.1 Å². The summed E-state index contributed by atoms with van der Waals surface area (Å²) in [4.78, 5) is 11.8. The molecule has 5 aliphatic carbocycles. The van der Waals surface area contributed by atoms with Crippen molar-refractivity contribution >= 4 is 5.97 Å². The SMILES string of the molecule is CCOC(=O)c1ccc(OC2=CC=C(C3C4CC5CC(C4)CC3C5)C(C)C2)cc1. The standard InChI is InChI=1S/C26H32O3/c1-3-28-26(27)19-4-6-22(7-5-19)29-23-8-9-24(16(2)10-23)25-20-12-17-11-18(14-20)15-21(25)13-17/h4-9,16-18,20-21,25H,3,10-15H2,1-2H3. The van der Waals surface area contributed by atoms with Gasteiger partial charge in [-0.2, -0.15) is 0 Å². The fourth-order valence-corrected chi connectivity index (χ4v) is 6.85. The minimum Gasteiger partial charge on any atom is -0.462 e. The lowest BCUT2D eigenvalue weighted by molar-refractivity contribution is -0.0243. The molecule has 5 aliphatic rings. The van der Waals surface area contributed by atoms with Gasteiger partial charge < -0.3 is 9.47 Å². The van der Waals surface area contributed by atoms with Crippen LogP contribution in [0.2, 0.25) is 0 Å². The van der Waals surface area contributed by atoms with Crippen LogP contribution in [-0.2, 0) is 4.74 Å². The smallest absolute Gasteiger partial charge is 0.338 e. The Labute approximate surface area is 174 Å². The van der Waals surface area contributed by atoms with Gasteiger partial charge in [-0.05, 0) is 105 Å². The molecule has 29 heavy (non-hydrogen) atoms. The van der Waals surface area contributed by atoms with Crippen LogP contribution in [0.3, 0.4) is 0 Å². The van der Waals surface area contributed by atoms with Crippen LogP contribution in [0.4, 0.5) is 0 Å². The molecule has 4 saturated carbocycles. The number of allylic oxidation sites excluding steroid dienone is 4. The highest BCUT2D eigenvalue weighted by molar-refractivity contribution is 5.89. The molecule has 1 unspecified atom stereocenters. The summed E-state index contributed by atoms with van der Waals surface area (Å²) in [6.07, 6.45) is 12.9. The van der Waals surface area contributed by atoms with Crippen LogP contribution < -0.4 is 4.74 Å². The van der Waals surface area contributed by atoms with E-state index in [1.807, 2.05) is 19.1 Å². The predicted molar refractivity (Wildman–Crippen MR) is 114 cm³/mol. The first-order valence-corrected chi connectivity index (χ1v) is 11.5. The Hall–Kier alpha value is -2.03. The van der Waals surface area contributed by atoms with Crippen molar-refractivity contribution in [3.63, 3.8) is 0 Å². The van der Waals surface area contributed by atoms with E-state index in [9.17, 15) is 4.79 Å². The first-order chi connectivity index (χ1) is 14.1. The molecule has 4 bridgehead atoms. The van der Waals surface area contributed by atoms with Crippen molar-refractivity contribution in [1.82, 2.24) is 0 Å². The van der Waals surface area contributed by atoms with Crippen molar-refractivity contribution in [2.45, 2.75) is 52.4 Å². The monoisotopic (exact) mass is 392 g/mol. The minimum atomic E-state index is -0.284. The number of hydrogen-bond donors (Lipinski definition) is 0. The number of ether oxygens (including phenoxy) is 2. The van der Waals surface area contributed by atoms with Gasteiger partial charge in [-0.15, -0.1) is 0 Å². The van der Waals surface area contributed by atoms with Crippen LogP contribution in [-0.4, -0.2) is 12.6 Å². The summed E-state index contributed by atoms with van der Waals surface area (Å²) in [5, 5.41) is 0. The van der Waals surface area contributed by atoms with Crippen LogP contribution in [0.5, 0.6) is 5.75 Å². The van der Waals surface area contributed by atoms with E-state index in [1.165, 1.54) is 32.1 Å². The lowest BCUT2D eigenvalue weighted by atomic mass is 9.49. The number of rotatable bonds is 5. The maximum atomic E-state index is 11.8. The van der Waals surface area contributed by atoms with Crippen LogP contribution in [0, 0.1) is 35.5 Å². The first kappa shape index (κ1) is 19.0. The molecular weight excluding hydrogens is 360 g/mol. The van der Waals surface area contributed by atoms with Gasteiger partial charge in [-0.25, -0.2) is 4.79 Å². The van der Waals surface area contributed by atoms with Crippen molar-refractivity contribution in [3.8, 4) is 5.75 Å². The minimum absolute atomic E-state index is 0.284. The van der Waals surface area contributed by atoms with Crippen LogP contribution in [0.15, 0.2) is 47.7 Å². The van der Waals surface area contributed by atoms with Gasteiger partial charge in [-0.1, -0.05) is 18.6 Å². The number of esters is 1. The Balaban J connectivity index is 1.28. The zero-order chi connectivity index (χ0) is 20.0. The molecule has 154 valence electrons. The summed E-state index contributed by atoms with van der Waals surface area (Å²) in [6.45, 7) is 4.58. The van der Waals surface area contributed by atoms with Gasteiger partial charge in [0.25, 0.3) is 0 Å².